The highest BCUT2D eigenvalue weighted by Crippen LogP contribution is 2.39. The molecule has 2 aromatic carbocycles. The molecule has 1 N–H and O–H groups in total. The van der Waals surface area contributed by atoms with Crippen LogP contribution in [0.1, 0.15) is 43.0 Å². The normalized spacial score (nSPS) is 15.3. The van der Waals surface area contributed by atoms with Gasteiger partial charge in [0.05, 0.1) is 12.2 Å². The standard InChI is InChI=1S/C23H25N5O3/c1-4-13-30-22(29)20-16(3)24-23-25-26-27-28(23)21(20)18-11-7-8-12-19(18)31-14-17-10-6-5-9-15(17)2/h5-12,21H,4,13-14H2,1-3H3,(H,24,25,27). The van der Waals surface area contributed by atoms with Crippen molar-refractivity contribution < 1.29 is 14.3 Å². The van der Waals surface area contributed by atoms with Crippen LogP contribution in [0.2, 0.25) is 0 Å². The second-order valence-electron chi connectivity index (χ2n) is 7.40. The Kier molecular flexibility index (Phi) is 5.97. The highest BCUT2D eigenvalue weighted by Gasteiger charge is 2.36. The molecule has 0 saturated carbocycles. The van der Waals surface area contributed by atoms with Gasteiger partial charge in [0.15, 0.2) is 0 Å². The summed E-state index contributed by atoms with van der Waals surface area (Å²) in [4.78, 5) is 13.0. The molecule has 1 aliphatic rings. The first-order chi connectivity index (χ1) is 15.1. The van der Waals surface area contributed by atoms with E-state index < -0.39 is 12.0 Å². The fourth-order valence-corrected chi connectivity index (χ4v) is 3.60. The SMILES string of the molecule is CCCOC(=O)C1=C(C)Nc2nnnn2C1c1ccccc1OCc1ccccc1C. The zero-order valence-electron chi connectivity index (χ0n) is 17.8. The largest absolute Gasteiger partial charge is 0.489 e. The van der Waals surface area contributed by atoms with E-state index in [0.29, 0.717) is 36.2 Å². The number of para-hydroxylation sites is 1. The van der Waals surface area contributed by atoms with Gasteiger partial charge in [-0.2, -0.15) is 4.68 Å². The van der Waals surface area contributed by atoms with E-state index in [1.807, 2.05) is 56.3 Å². The minimum atomic E-state index is -0.566. The first-order valence-corrected chi connectivity index (χ1v) is 10.3. The van der Waals surface area contributed by atoms with Crippen molar-refractivity contribution in [2.24, 2.45) is 0 Å². The van der Waals surface area contributed by atoms with Crippen molar-refractivity contribution in [2.45, 2.75) is 39.8 Å². The number of rotatable bonds is 7. The molecule has 0 bridgehead atoms. The van der Waals surface area contributed by atoms with Crippen molar-refractivity contribution >= 4 is 11.9 Å². The zero-order chi connectivity index (χ0) is 21.8. The number of carbonyl (C=O) groups excluding carboxylic acids is 1. The number of aromatic nitrogens is 4. The number of hydrogen-bond acceptors (Lipinski definition) is 7. The van der Waals surface area contributed by atoms with Gasteiger partial charge in [-0.25, -0.2) is 4.79 Å². The summed E-state index contributed by atoms with van der Waals surface area (Å²) in [6.07, 6.45) is 0.739. The lowest BCUT2D eigenvalue weighted by Crippen LogP contribution is -2.30. The Labute approximate surface area is 180 Å². The number of aryl methyl sites for hydroxylation is 1. The molecule has 0 radical (unpaired) electrons. The molecule has 1 unspecified atom stereocenters. The smallest absolute Gasteiger partial charge is 0.338 e. The molecule has 8 nitrogen and oxygen atoms in total. The molecule has 1 aromatic heterocycles. The summed E-state index contributed by atoms with van der Waals surface area (Å²) in [5.41, 5.74) is 4.15. The number of anilines is 1. The van der Waals surface area contributed by atoms with Gasteiger partial charge < -0.3 is 14.8 Å². The molecule has 0 saturated heterocycles. The lowest BCUT2D eigenvalue weighted by atomic mass is 9.95. The van der Waals surface area contributed by atoms with E-state index in [-0.39, 0.29) is 0 Å². The summed E-state index contributed by atoms with van der Waals surface area (Å²) in [7, 11) is 0. The molecule has 1 atom stereocenters. The van der Waals surface area contributed by atoms with Crippen molar-refractivity contribution in [2.75, 3.05) is 11.9 Å². The van der Waals surface area contributed by atoms with Crippen LogP contribution in [-0.2, 0) is 16.1 Å². The highest BCUT2D eigenvalue weighted by atomic mass is 16.5. The monoisotopic (exact) mass is 419 g/mol. The number of nitrogens with one attached hydrogen (secondary N) is 1. The fourth-order valence-electron chi connectivity index (χ4n) is 3.60. The van der Waals surface area contributed by atoms with Crippen LogP contribution in [0.4, 0.5) is 5.95 Å². The molecule has 4 rings (SSSR count). The van der Waals surface area contributed by atoms with Crippen molar-refractivity contribution in [3.05, 3.63) is 76.5 Å². The maximum atomic E-state index is 13.0. The Morgan fingerprint density at radius 1 is 1.13 bits per heavy atom. The molecule has 3 aromatic rings. The zero-order valence-corrected chi connectivity index (χ0v) is 17.8. The second kappa shape index (κ2) is 8.99. The summed E-state index contributed by atoms with van der Waals surface area (Å²) < 4.78 is 13.3. The molecule has 31 heavy (non-hydrogen) atoms. The molecule has 1 aliphatic heterocycles. The van der Waals surface area contributed by atoms with Gasteiger partial charge >= 0.3 is 5.97 Å². The van der Waals surface area contributed by atoms with Crippen LogP contribution in [0.15, 0.2) is 59.8 Å². The molecular weight excluding hydrogens is 394 g/mol. The lowest BCUT2D eigenvalue weighted by Gasteiger charge is -2.28. The van der Waals surface area contributed by atoms with E-state index in [1.165, 1.54) is 0 Å². The van der Waals surface area contributed by atoms with E-state index in [9.17, 15) is 4.79 Å². The third kappa shape index (κ3) is 4.14. The average molecular weight is 419 g/mol. The molecule has 0 aliphatic carbocycles. The number of benzene rings is 2. The number of tetrazole rings is 1. The predicted octanol–water partition coefficient (Wildman–Crippen LogP) is 3.80. The van der Waals surface area contributed by atoms with Crippen molar-refractivity contribution in [1.82, 2.24) is 20.2 Å². The van der Waals surface area contributed by atoms with Crippen molar-refractivity contribution in [3.63, 3.8) is 0 Å². The first-order valence-electron chi connectivity index (χ1n) is 10.3. The molecule has 0 spiro atoms. The average Bonchev–Trinajstić information content (AvgIpc) is 3.24. The van der Waals surface area contributed by atoms with Crippen LogP contribution in [0.5, 0.6) is 5.75 Å². The van der Waals surface area contributed by atoms with Gasteiger partial charge in [-0.1, -0.05) is 54.5 Å². The van der Waals surface area contributed by atoms with Crippen LogP contribution in [0, 0.1) is 6.92 Å². The third-order valence-corrected chi connectivity index (χ3v) is 5.23. The lowest BCUT2D eigenvalue weighted by molar-refractivity contribution is -0.139. The predicted molar refractivity (Wildman–Crippen MR) is 115 cm³/mol. The summed E-state index contributed by atoms with van der Waals surface area (Å²) in [5, 5.41) is 15.1. The van der Waals surface area contributed by atoms with Crippen molar-refractivity contribution in [3.8, 4) is 5.75 Å². The summed E-state index contributed by atoms with van der Waals surface area (Å²) in [6.45, 7) is 6.59. The third-order valence-electron chi connectivity index (χ3n) is 5.23. The summed E-state index contributed by atoms with van der Waals surface area (Å²) >= 11 is 0. The van der Waals surface area contributed by atoms with Crippen LogP contribution >= 0.6 is 0 Å². The van der Waals surface area contributed by atoms with Crippen LogP contribution in [0.3, 0.4) is 0 Å². The number of esters is 1. The summed E-state index contributed by atoms with van der Waals surface area (Å²) in [6, 6.07) is 15.2. The van der Waals surface area contributed by atoms with E-state index >= 15 is 0 Å². The van der Waals surface area contributed by atoms with Crippen LogP contribution < -0.4 is 10.1 Å². The molecular formula is C23H25N5O3. The highest BCUT2D eigenvalue weighted by molar-refractivity contribution is 5.92. The number of ether oxygens (including phenoxy) is 2. The number of nitrogens with zero attached hydrogens (tertiary/aromatic N) is 4. The Hall–Kier alpha value is -3.68. The maximum absolute atomic E-state index is 13.0. The molecule has 8 heteroatoms. The molecule has 0 fully saturated rings. The number of allylic oxidation sites excluding steroid dienone is 1. The van der Waals surface area contributed by atoms with Gasteiger partial charge in [-0.3, -0.25) is 0 Å². The number of carbonyl (C=O) groups is 1. The molecule has 2 heterocycles. The van der Waals surface area contributed by atoms with Gasteiger partial charge in [0.1, 0.15) is 18.4 Å². The van der Waals surface area contributed by atoms with Gasteiger partial charge in [-0.05, 0) is 47.9 Å². The van der Waals surface area contributed by atoms with Gasteiger partial charge in [0.2, 0.25) is 5.95 Å². The maximum Gasteiger partial charge on any atom is 0.338 e. The van der Waals surface area contributed by atoms with Gasteiger partial charge in [0.25, 0.3) is 0 Å². The number of hydrogen-bond donors (Lipinski definition) is 1. The first kappa shape index (κ1) is 20.6. The molecule has 0 amide bonds. The van der Waals surface area contributed by atoms with E-state index in [0.717, 1.165) is 23.1 Å². The quantitative estimate of drug-likeness (QED) is 0.583. The fraction of sp³-hybridized carbons (Fsp3) is 0.304. The van der Waals surface area contributed by atoms with Crippen LogP contribution in [0.25, 0.3) is 0 Å². The summed E-state index contributed by atoms with van der Waals surface area (Å²) in [5.74, 6) is 0.725. The second-order valence-corrected chi connectivity index (χ2v) is 7.40. The van der Waals surface area contributed by atoms with Crippen molar-refractivity contribution in [1.29, 1.82) is 0 Å². The van der Waals surface area contributed by atoms with Crippen LogP contribution in [-0.4, -0.2) is 32.8 Å². The number of fused-ring (bicyclic) bond motifs is 1. The van der Waals surface area contributed by atoms with E-state index in [2.05, 4.69) is 33.8 Å². The van der Waals surface area contributed by atoms with E-state index in [4.69, 9.17) is 9.47 Å². The minimum Gasteiger partial charge on any atom is -0.489 e. The Bertz CT molecular complexity index is 1120. The van der Waals surface area contributed by atoms with Gasteiger partial charge in [-0.15, -0.1) is 0 Å². The Morgan fingerprint density at radius 2 is 1.90 bits per heavy atom. The molecule has 160 valence electrons. The minimum absolute atomic E-state index is 0.343. The Balaban J connectivity index is 1.73. The van der Waals surface area contributed by atoms with Gasteiger partial charge in [0, 0.05) is 11.3 Å². The topological polar surface area (TPSA) is 91.2 Å². The Morgan fingerprint density at radius 3 is 2.71 bits per heavy atom. The van der Waals surface area contributed by atoms with E-state index in [1.54, 1.807) is 4.68 Å².